The second-order valence-electron chi connectivity index (χ2n) is 6.79. The van der Waals surface area contributed by atoms with E-state index in [1.165, 1.54) is 22.9 Å². The largest absolute Gasteiger partial charge is 0.416 e. The molecule has 25 heavy (non-hydrogen) atoms. The molecular formula is C18H21N3O3S. The Morgan fingerprint density at radius 2 is 2.12 bits per heavy atom. The molecule has 1 aromatic carbocycles. The molecule has 2 heterocycles. The van der Waals surface area contributed by atoms with Crippen LogP contribution in [0.15, 0.2) is 33.9 Å². The van der Waals surface area contributed by atoms with Gasteiger partial charge in [-0.1, -0.05) is 36.0 Å². The van der Waals surface area contributed by atoms with Crippen molar-refractivity contribution in [1.82, 2.24) is 15.1 Å². The Morgan fingerprint density at radius 1 is 1.36 bits per heavy atom. The first-order valence-electron chi connectivity index (χ1n) is 8.56. The van der Waals surface area contributed by atoms with E-state index in [9.17, 15) is 9.90 Å². The fourth-order valence-corrected chi connectivity index (χ4v) is 4.78. The predicted molar refractivity (Wildman–Crippen MR) is 93.4 cm³/mol. The van der Waals surface area contributed by atoms with Crippen LogP contribution in [0.25, 0.3) is 0 Å². The minimum Gasteiger partial charge on any atom is -0.416 e. The normalized spacial score (nSPS) is 21.5. The molecule has 2 aromatic rings. The number of aromatic nitrogens is 2. The first-order chi connectivity index (χ1) is 12.1. The van der Waals surface area contributed by atoms with Gasteiger partial charge in [0.25, 0.3) is 5.22 Å². The summed E-state index contributed by atoms with van der Waals surface area (Å²) in [6.07, 6.45) is 1.98. The van der Waals surface area contributed by atoms with Gasteiger partial charge >= 0.3 is 0 Å². The SMILES string of the molecule is Cc1nnc(SCC(=O)N2CCC3(CC2)c2ccccc2C[C@H]3O)o1. The third kappa shape index (κ3) is 2.95. The van der Waals surface area contributed by atoms with Crippen molar-refractivity contribution in [1.29, 1.82) is 0 Å². The van der Waals surface area contributed by atoms with Gasteiger partial charge < -0.3 is 14.4 Å². The van der Waals surface area contributed by atoms with E-state index in [1.807, 2.05) is 17.0 Å². The molecule has 1 fully saturated rings. The van der Waals surface area contributed by atoms with Crippen LogP contribution in [0.1, 0.15) is 29.9 Å². The van der Waals surface area contributed by atoms with Gasteiger partial charge in [-0.15, -0.1) is 10.2 Å². The number of piperidine rings is 1. The predicted octanol–water partition coefficient (Wildman–Crippen LogP) is 1.95. The van der Waals surface area contributed by atoms with Gasteiger partial charge in [-0.25, -0.2) is 0 Å². The molecule has 0 bridgehead atoms. The van der Waals surface area contributed by atoms with Crippen molar-refractivity contribution in [2.24, 2.45) is 0 Å². The fourth-order valence-electron chi connectivity index (χ4n) is 4.08. The number of aliphatic hydroxyl groups excluding tert-OH is 1. The molecule has 1 spiro atoms. The highest BCUT2D eigenvalue weighted by Gasteiger charge is 2.47. The molecule has 132 valence electrons. The highest BCUT2D eigenvalue weighted by Crippen LogP contribution is 2.46. The van der Waals surface area contributed by atoms with Gasteiger partial charge in [0, 0.05) is 25.4 Å². The summed E-state index contributed by atoms with van der Waals surface area (Å²) in [6, 6.07) is 8.31. The van der Waals surface area contributed by atoms with E-state index in [0.29, 0.717) is 30.0 Å². The van der Waals surface area contributed by atoms with Crippen LogP contribution in [0.3, 0.4) is 0 Å². The number of carbonyl (C=O) groups is 1. The summed E-state index contributed by atoms with van der Waals surface area (Å²) < 4.78 is 5.29. The van der Waals surface area contributed by atoms with Crippen molar-refractivity contribution < 1.29 is 14.3 Å². The van der Waals surface area contributed by atoms with Gasteiger partial charge in [-0.2, -0.15) is 0 Å². The fraction of sp³-hybridized carbons (Fsp3) is 0.500. The summed E-state index contributed by atoms with van der Waals surface area (Å²) in [5.74, 6) is 0.883. The van der Waals surface area contributed by atoms with E-state index in [1.54, 1.807) is 6.92 Å². The van der Waals surface area contributed by atoms with Crippen molar-refractivity contribution in [2.75, 3.05) is 18.8 Å². The lowest BCUT2D eigenvalue weighted by molar-refractivity contribution is -0.130. The standard InChI is InChI=1S/C18H21N3O3S/c1-12-19-20-17(24-12)25-11-16(23)21-8-6-18(7-9-21)14-5-3-2-4-13(14)10-15(18)22/h2-5,15,22H,6-11H2,1H3/t15-/m1/s1. The number of benzene rings is 1. The lowest BCUT2D eigenvalue weighted by Gasteiger charge is -2.42. The number of hydrogen-bond acceptors (Lipinski definition) is 6. The first-order valence-corrected chi connectivity index (χ1v) is 9.54. The smallest absolute Gasteiger partial charge is 0.277 e. The van der Waals surface area contributed by atoms with Crippen molar-refractivity contribution in [3.05, 3.63) is 41.3 Å². The van der Waals surface area contributed by atoms with E-state index in [2.05, 4.69) is 22.3 Å². The number of hydrogen-bond donors (Lipinski definition) is 1. The highest BCUT2D eigenvalue weighted by atomic mass is 32.2. The molecule has 1 aromatic heterocycles. The molecule has 1 N–H and O–H groups in total. The molecule has 0 saturated carbocycles. The summed E-state index contributed by atoms with van der Waals surface area (Å²) in [5.41, 5.74) is 2.33. The van der Waals surface area contributed by atoms with Crippen molar-refractivity contribution in [2.45, 2.75) is 42.9 Å². The molecule has 0 radical (unpaired) electrons. The Kier molecular flexibility index (Phi) is 4.29. The Balaban J connectivity index is 1.39. The molecular weight excluding hydrogens is 338 g/mol. The number of aliphatic hydroxyl groups is 1. The number of carbonyl (C=O) groups excluding carboxylic acids is 1. The van der Waals surface area contributed by atoms with Gasteiger partial charge in [0.05, 0.1) is 11.9 Å². The number of likely N-dealkylation sites (tertiary alicyclic amines) is 1. The molecule has 1 amide bonds. The van der Waals surface area contributed by atoms with Gasteiger partial charge in [-0.05, 0) is 30.4 Å². The van der Waals surface area contributed by atoms with Gasteiger partial charge in [0.1, 0.15) is 0 Å². The average Bonchev–Trinajstić information content (AvgIpc) is 3.16. The lowest BCUT2D eigenvalue weighted by Crippen LogP contribution is -2.49. The molecule has 2 aliphatic rings. The zero-order valence-corrected chi connectivity index (χ0v) is 15.0. The van der Waals surface area contributed by atoms with E-state index >= 15 is 0 Å². The number of nitrogens with zero attached hydrogens (tertiary/aromatic N) is 3. The summed E-state index contributed by atoms with van der Waals surface area (Å²) in [4.78, 5) is 14.3. The number of aryl methyl sites for hydroxylation is 1. The van der Waals surface area contributed by atoms with Crippen LogP contribution in [-0.2, 0) is 16.6 Å². The van der Waals surface area contributed by atoms with Crippen LogP contribution in [0.5, 0.6) is 0 Å². The number of fused-ring (bicyclic) bond motifs is 2. The second kappa shape index (κ2) is 6.46. The Hall–Kier alpha value is -1.86. The Bertz CT molecular complexity index is 783. The van der Waals surface area contributed by atoms with E-state index < -0.39 is 0 Å². The van der Waals surface area contributed by atoms with E-state index in [4.69, 9.17) is 4.42 Å². The summed E-state index contributed by atoms with van der Waals surface area (Å²) in [6.45, 7) is 3.08. The Labute approximate surface area is 150 Å². The topological polar surface area (TPSA) is 79.5 Å². The van der Waals surface area contributed by atoms with E-state index in [-0.39, 0.29) is 17.4 Å². The third-order valence-electron chi connectivity index (χ3n) is 5.44. The number of amides is 1. The maximum absolute atomic E-state index is 12.5. The maximum atomic E-state index is 12.5. The maximum Gasteiger partial charge on any atom is 0.277 e. The lowest BCUT2D eigenvalue weighted by atomic mass is 9.72. The van der Waals surface area contributed by atoms with Gasteiger partial charge in [0.15, 0.2) is 0 Å². The molecule has 0 unspecified atom stereocenters. The zero-order chi connectivity index (χ0) is 17.4. The van der Waals surface area contributed by atoms with Crippen LogP contribution in [0.2, 0.25) is 0 Å². The molecule has 6 nitrogen and oxygen atoms in total. The van der Waals surface area contributed by atoms with E-state index in [0.717, 1.165) is 19.3 Å². The number of rotatable bonds is 3. The number of thioether (sulfide) groups is 1. The van der Waals surface area contributed by atoms with Crippen LogP contribution in [0.4, 0.5) is 0 Å². The van der Waals surface area contributed by atoms with Gasteiger partial charge in [0.2, 0.25) is 11.8 Å². The molecule has 1 aliphatic heterocycles. The molecule has 1 aliphatic carbocycles. The molecule has 7 heteroatoms. The minimum atomic E-state index is -0.349. The third-order valence-corrected chi connectivity index (χ3v) is 6.24. The molecule has 4 rings (SSSR count). The van der Waals surface area contributed by atoms with Crippen LogP contribution >= 0.6 is 11.8 Å². The quantitative estimate of drug-likeness (QED) is 0.844. The highest BCUT2D eigenvalue weighted by molar-refractivity contribution is 7.99. The van der Waals surface area contributed by atoms with Crippen LogP contribution in [0, 0.1) is 6.92 Å². The molecule has 1 atom stereocenters. The average molecular weight is 359 g/mol. The van der Waals surface area contributed by atoms with Crippen molar-refractivity contribution in [3.63, 3.8) is 0 Å². The molecule has 1 saturated heterocycles. The Morgan fingerprint density at radius 3 is 2.84 bits per heavy atom. The van der Waals surface area contributed by atoms with Crippen molar-refractivity contribution >= 4 is 17.7 Å². The summed E-state index contributed by atoms with van der Waals surface area (Å²) >= 11 is 1.28. The van der Waals surface area contributed by atoms with Gasteiger partial charge in [-0.3, -0.25) is 4.79 Å². The monoisotopic (exact) mass is 359 g/mol. The minimum absolute atomic E-state index is 0.0801. The summed E-state index contributed by atoms with van der Waals surface area (Å²) in [7, 11) is 0. The van der Waals surface area contributed by atoms with Crippen LogP contribution in [-0.4, -0.2) is 51.1 Å². The summed E-state index contributed by atoms with van der Waals surface area (Å²) in [5, 5.41) is 18.8. The van der Waals surface area contributed by atoms with Crippen molar-refractivity contribution in [3.8, 4) is 0 Å². The second-order valence-corrected chi connectivity index (χ2v) is 7.72. The van der Waals surface area contributed by atoms with Crippen LogP contribution < -0.4 is 0 Å². The zero-order valence-electron chi connectivity index (χ0n) is 14.1. The first kappa shape index (κ1) is 16.6.